The summed E-state index contributed by atoms with van der Waals surface area (Å²) in [5.41, 5.74) is 0. The van der Waals surface area contributed by atoms with Gasteiger partial charge in [0.1, 0.15) is 0 Å². The molecule has 0 unspecified atom stereocenters. The number of rotatable bonds is 3. The normalized spacial score (nSPS) is 8.92. The summed E-state index contributed by atoms with van der Waals surface area (Å²) in [6.45, 7) is 0. The lowest BCUT2D eigenvalue weighted by molar-refractivity contribution is 0.478. The summed E-state index contributed by atoms with van der Waals surface area (Å²) in [4.78, 5) is 2.26. The molecule has 0 spiro atoms. The molecule has 1 nitrogen and oxygen atoms in total. The molecule has 0 aromatic heterocycles. The maximum atomic E-state index is 2.26. The van der Waals surface area contributed by atoms with Crippen LogP contribution in [0.1, 0.15) is 0 Å². The maximum Gasteiger partial charge on any atom is 0.429 e. The second-order valence-electron chi connectivity index (χ2n) is 3.04. The summed E-state index contributed by atoms with van der Waals surface area (Å²) >= 11 is -0.0330. The minimum atomic E-state index is -0.0330. The van der Waals surface area contributed by atoms with E-state index in [4.69, 9.17) is 0 Å². The van der Waals surface area contributed by atoms with Gasteiger partial charge in [0, 0.05) is 0 Å². The van der Waals surface area contributed by atoms with Crippen LogP contribution in [0.15, 0.2) is 30.3 Å². The first kappa shape index (κ1) is 12.2. The van der Waals surface area contributed by atoms with Gasteiger partial charge in [0.05, 0.1) is 0 Å². The third-order valence-corrected chi connectivity index (χ3v) is 3.86. The van der Waals surface area contributed by atoms with Gasteiger partial charge in [0.25, 0.3) is 0 Å². The quantitative estimate of drug-likeness (QED) is 0.650. The number of hydrogen-bond acceptors (Lipinski definition) is 1. The van der Waals surface area contributed by atoms with E-state index in [1.54, 1.807) is 3.69 Å². The summed E-state index contributed by atoms with van der Waals surface area (Å²) in [6, 6.07) is 10.8. The van der Waals surface area contributed by atoms with E-state index in [0.29, 0.717) is 0 Å². The highest BCUT2D eigenvalue weighted by Gasteiger charge is 1.98. The molecule has 1 aromatic carbocycles. The van der Waals surface area contributed by atoms with Crippen molar-refractivity contribution in [1.29, 1.82) is 0 Å². The van der Waals surface area contributed by atoms with Crippen LogP contribution in [0.2, 0.25) is 0 Å². The third kappa shape index (κ3) is 4.98. The predicted molar refractivity (Wildman–Crippen MR) is 57.6 cm³/mol. The molecule has 0 bridgehead atoms. The van der Waals surface area contributed by atoms with E-state index >= 15 is 0 Å². The van der Waals surface area contributed by atoms with Gasteiger partial charge >= 0.3 is 20.4 Å². The van der Waals surface area contributed by atoms with Crippen LogP contribution in [0.25, 0.3) is 0 Å². The number of nitrogens with zero attached hydrogens (tertiary/aromatic N) is 1. The van der Waals surface area contributed by atoms with Crippen LogP contribution in [-0.4, -0.2) is 44.0 Å². The van der Waals surface area contributed by atoms with Gasteiger partial charge in [-0.2, -0.15) is 3.69 Å². The van der Waals surface area contributed by atoms with E-state index in [1.807, 2.05) is 0 Å². The van der Waals surface area contributed by atoms with Gasteiger partial charge in [-0.05, 0) is 14.1 Å². The van der Waals surface area contributed by atoms with Crippen molar-refractivity contribution in [2.24, 2.45) is 0 Å². The molecule has 0 aliphatic rings. The zero-order valence-corrected chi connectivity index (χ0v) is 9.89. The fourth-order valence-corrected chi connectivity index (χ4v) is 2.31. The number of hydrogen-bond donors (Lipinski definition) is 0. The number of halogens is 1. The Balaban J connectivity index is 0.00000121. The van der Waals surface area contributed by atoms with E-state index in [-0.39, 0.29) is 32.8 Å². The zero-order chi connectivity index (χ0) is 8.10. The summed E-state index contributed by atoms with van der Waals surface area (Å²) in [6.07, 6.45) is 0. The van der Waals surface area contributed by atoms with Crippen molar-refractivity contribution in [1.82, 2.24) is 4.90 Å². The first-order valence-corrected chi connectivity index (χ1v) is 5.68. The molecule has 64 valence electrons. The van der Waals surface area contributed by atoms with Gasteiger partial charge in [0.2, 0.25) is 0 Å². The molecule has 0 amide bonds. The second kappa shape index (κ2) is 6.72. The maximum absolute atomic E-state index is 2.26. The van der Waals surface area contributed by atoms with E-state index in [1.165, 1.54) is 4.67 Å². The monoisotopic (exact) mass is 195 g/mol. The Morgan fingerprint density at radius 1 is 1.17 bits per heavy atom. The molecule has 0 N–H and O–H groups in total. The molecule has 1 aromatic rings. The van der Waals surface area contributed by atoms with Gasteiger partial charge in [-0.25, -0.2) is 0 Å². The second-order valence-corrected chi connectivity index (χ2v) is 4.80. The van der Waals surface area contributed by atoms with Crippen molar-refractivity contribution in [3.8, 4) is 0 Å². The minimum Gasteiger partial charge on any atom is -0.334 e. The topological polar surface area (TPSA) is 3.24 Å². The zero-order valence-electron chi connectivity index (χ0n) is 7.66. The first-order chi connectivity index (χ1) is 5.29. The minimum absolute atomic E-state index is 0. The van der Waals surface area contributed by atoms with Gasteiger partial charge in [-0.15, -0.1) is 12.4 Å². The van der Waals surface area contributed by atoms with Crippen LogP contribution in [0.4, 0.5) is 0 Å². The molecule has 3 heteroatoms. The van der Waals surface area contributed by atoms with Crippen LogP contribution in [0.3, 0.4) is 0 Å². The Hall–Kier alpha value is 0.236. The van der Waals surface area contributed by atoms with E-state index in [2.05, 4.69) is 49.3 Å². The fourth-order valence-electron chi connectivity index (χ4n) is 0.997. The van der Waals surface area contributed by atoms with Crippen LogP contribution >= 0.6 is 12.4 Å². The summed E-state index contributed by atoms with van der Waals surface area (Å²) in [5.74, 6) is 0. The van der Waals surface area contributed by atoms with E-state index in [9.17, 15) is 0 Å². The van der Waals surface area contributed by atoms with Gasteiger partial charge in [0.15, 0.2) is 0 Å². The van der Waals surface area contributed by atoms with Crippen molar-refractivity contribution < 1.29 is 0 Å². The van der Waals surface area contributed by atoms with E-state index < -0.39 is 0 Å². The lowest BCUT2D eigenvalue weighted by Gasteiger charge is -2.07. The molecule has 0 aliphatic carbocycles. The Morgan fingerprint density at radius 3 is 2.25 bits per heavy atom. The molecule has 0 atom stereocenters. The lowest BCUT2D eigenvalue weighted by atomic mass is 10.4. The Morgan fingerprint density at radius 2 is 1.75 bits per heavy atom. The molecule has 0 radical (unpaired) electrons. The largest absolute Gasteiger partial charge is 0.429 e. The van der Waals surface area contributed by atoms with Gasteiger partial charge < -0.3 is 4.90 Å². The molecule has 0 aliphatic heterocycles. The SMILES string of the molecule is CN(C)[CH2][Mg][c]1ccccc1.Cl. The predicted octanol–water partition coefficient (Wildman–Crippen LogP) is 0.957. The van der Waals surface area contributed by atoms with Crippen molar-refractivity contribution in [2.75, 3.05) is 18.8 Å². The van der Waals surface area contributed by atoms with Crippen LogP contribution < -0.4 is 3.69 Å². The average Bonchev–Trinajstić information content (AvgIpc) is 2.03. The fraction of sp³-hybridized carbons (Fsp3) is 0.333. The summed E-state index contributed by atoms with van der Waals surface area (Å²) < 4.78 is 2.82. The average molecular weight is 196 g/mol. The smallest absolute Gasteiger partial charge is 0.334 e. The van der Waals surface area contributed by atoms with Gasteiger partial charge in [-0.3, -0.25) is 0 Å². The third-order valence-electron chi connectivity index (χ3n) is 1.69. The highest BCUT2D eigenvalue weighted by molar-refractivity contribution is 6.53. The molecule has 0 fully saturated rings. The summed E-state index contributed by atoms with van der Waals surface area (Å²) in [7, 11) is 4.27. The lowest BCUT2D eigenvalue weighted by Crippen LogP contribution is -2.27. The van der Waals surface area contributed by atoms with Crippen LogP contribution in [-0.2, 0) is 0 Å². The van der Waals surface area contributed by atoms with Crippen molar-refractivity contribution in [2.45, 2.75) is 0 Å². The van der Waals surface area contributed by atoms with Crippen LogP contribution in [0, 0.1) is 0 Å². The highest BCUT2D eigenvalue weighted by Crippen LogP contribution is 1.81. The molecule has 0 saturated heterocycles. The van der Waals surface area contributed by atoms with Crippen LogP contribution in [0.5, 0.6) is 0 Å². The Bertz CT molecular complexity index is 201. The van der Waals surface area contributed by atoms with E-state index in [0.717, 1.165) is 0 Å². The molecule has 0 heterocycles. The molecule has 0 saturated carbocycles. The van der Waals surface area contributed by atoms with Crippen molar-refractivity contribution in [3.05, 3.63) is 30.3 Å². The molecular weight excluding hydrogens is 182 g/mol. The molecular formula is C9H14ClMgN. The Kier molecular flexibility index (Phi) is 6.85. The standard InChI is InChI=1S/C6H5.C3H8N.ClH.Mg/c1-2-4-6-5-3-1;1-4(2)3;;/h1-5H;1H2,2-3H3;1H;. The van der Waals surface area contributed by atoms with Crippen molar-refractivity contribution in [3.63, 3.8) is 0 Å². The molecule has 12 heavy (non-hydrogen) atoms. The number of benzene rings is 1. The summed E-state index contributed by atoms with van der Waals surface area (Å²) in [5, 5.41) is 0. The first-order valence-electron chi connectivity index (χ1n) is 3.97. The Labute approximate surface area is 90.3 Å². The van der Waals surface area contributed by atoms with Crippen molar-refractivity contribution >= 4 is 36.5 Å². The molecule has 1 rings (SSSR count). The van der Waals surface area contributed by atoms with Gasteiger partial charge in [-0.1, -0.05) is 35.0 Å². The highest BCUT2D eigenvalue weighted by atomic mass is 35.5.